The third-order valence-corrected chi connectivity index (χ3v) is 2.90. The fourth-order valence-corrected chi connectivity index (χ4v) is 1.91. The first-order valence-electron chi connectivity index (χ1n) is 6.01. The van der Waals surface area contributed by atoms with E-state index < -0.39 is 0 Å². The first kappa shape index (κ1) is 14.0. The standard InChI is InChI=1S/C15H16O5/c1-9(16)11-5-6-12(20-11)10-7-13(17-2)15(19-4)14(8-10)18-3/h5-8H,1-4H3. The Morgan fingerprint density at radius 3 is 2.00 bits per heavy atom. The second-order valence-electron chi connectivity index (χ2n) is 4.13. The summed E-state index contributed by atoms with van der Waals surface area (Å²) in [5.41, 5.74) is 0.743. The molecule has 0 aliphatic rings. The molecule has 0 radical (unpaired) electrons. The summed E-state index contributed by atoms with van der Waals surface area (Å²) in [6.45, 7) is 1.46. The van der Waals surface area contributed by atoms with Crippen LogP contribution in [0, 0.1) is 0 Å². The van der Waals surface area contributed by atoms with Crippen LogP contribution < -0.4 is 14.2 Å². The van der Waals surface area contributed by atoms with Gasteiger partial charge in [-0.1, -0.05) is 0 Å². The monoisotopic (exact) mass is 276 g/mol. The molecule has 0 unspecified atom stereocenters. The second-order valence-corrected chi connectivity index (χ2v) is 4.13. The van der Waals surface area contributed by atoms with Gasteiger partial charge in [0, 0.05) is 12.5 Å². The fraction of sp³-hybridized carbons (Fsp3) is 0.267. The predicted octanol–water partition coefficient (Wildman–Crippen LogP) is 3.18. The Morgan fingerprint density at radius 2 is 1.60 bits per heavy atom. The van der Waals surface area contributed by atoms with Gasteiger partial charge in [0.25, 0.3) is 0 Å². The molecule has 0 spiro atoms. The van der Waals surface area contributed by atoms with Crippen molar-refractivity contribution >= 4 is 5.78 Å². The zero-order valence-corrected chi connectivity index (χ0v) is 11.9. The van der Waals surface area contributed by atoms with E-state index in [2.05, 4.69) is 0 Å². The van der Waals surface area contributed by atoms with Gasteiger partial charge in [-0.2, -0.15) is 0 Å². The summed E-state index contributed by atoms with van der Waals surface area (Å²) in [5.74, 6) is 2.33. The Hall–Kier alpha value is -2.43. The van der Waals surface area contributed by atoms with Crippen LogP contribution in [0.4, 0.5) is 0 Å². The Bertz CT molecular complexity index is 602. The van der Waals surface area contributed by atoms with Crippen molar-refractivity contribution in [3.05, 3.63) is 30.0 Å². The highest BCUT2D eigenvalue weighted by Gasteiger charge is 2.16. The van der Waals surface area contributed by atoms with Crippen LogP contribution in [0.15, 0.2) is 28.7 Å². The largest absolute Gasteiger partial charge is 0.493 e. The number of ether oxygens (including phenoxy) is 3. The Morgan fingerprint density at radius 1 is 1.00 bits per heavy atom. The van der Waals surface area contributed by atoms with Crippen molar-refractivity contribution in [3.8, 4) is 28.6 Å². The third kappa shape index (κ3) is 2.47. The molecule has 1 heterocycles. The van der Waals surface area contributed by atoms with Gasteiger partial charge in [-0.3, -0.25) is 4.79 Å². The van der Waals surface area contributed by atoms with Gasteiger partial charge in [0.05, 0.1) is 21.3 Å². The lowest BCUT2D eigenvalue weighted by atomic mass is 10.1. The average Bonchev–Trinajstić information content (AvgIpc) is 2.95. The molecule has 2 rings (SSSR count). The van der Waals surface area contributed by atoms with E-state index in [1.54, 1.807) is 45.6 Å². The van der Waals surface area contributed by atoms with Crippen molar-refractivity contribution < 1.29 is 23.4 Å². The Kier molecular flexibility index (Phi) is 3.98. The number of rotatable bonds is 5. The number of hydrogen-bond acceptors (Lipinski definition) is 5. The van der Waals surface area contributed by atoms with Crippen LogP contribution in [0.25, 0.3) is 11.3 Å². The van der Waals surface area contributed by atoms with Gasteiger partial charge >= 0.3 is 0 Å². The molecule has 0 N–H and O–H groups in total. The number of methoxy groups -OCH3 is 3. The number of carbonyl (C=O) groups excluding carboxylic acids is 1. The minimum Gasteiger partial charge on any atom is -0.493 e. The van der Waals surface area contributed by atoms with Crippen LogP contribution in [0.2, 0.25) is 0 Å². The number of Topliss-reactive ketones (excluding diaryl/α,β-unsaturated/α-hetero) is 1. The molecule has 20 heavy (non-hydrogen) atoms. The first-order chi connectivity index (χ1) is 9.60. The molecule has 0 saturated heterocycles. The van der Waals surface area contributed by atoms with E-state index >= 15 is 0 Å². The zero-order valence-electron chi connectivity index (χ0n) is 11.9. The maximum Gasteiger partial charge on any atom is 0.203 e. The minimum atomic E-state index is -0.122. The maximum absolute atomic E-state index is 11.3. The number of ketones is 1. The van der Waals surface area contributed by atoms with Crippen molar-refractivity contribution in [2.75, 3.05) is 21.3 Å². The predicted molar refractivity (Wildman–Crippen MR) is 73.8 cm³/mol. The van der Waals surface area contributed by atoms with Gasteiger partial charge in [0.1, 0.15) is 5.76 Å². The van der Waals surface area contributed by atoms with E-state index in [1.165, 1.54) is 6.92 Å². The van der Waals surface area contributed by atoms with Gasteiger partial charge < -0.3 is 18.6 Å². The molecule has 0 aliphatic heterocycles. The third-order valence-electron chi connectivity index (χ3n) is 2.90. The van der Waals surface area contributed by atoms with E-state index in [4.69, 9.17) is 18.6 Å². The molecule has 2 aromatic rings. The van der Waals surface area contributed by atoms with Crippen molar-refractivity contribution in [1.82, 2.24) is 0 Å². The highest BCUT2D eigenvalue weighted by Crippen LogP contribution is 2.41. The van der Waals surface area contributed by atoms with Crippen LogP contribution in [-0.4, -0.2) is 27.1 Å². The van der Waals surface area contributed by atoms with Crippen LogP contribution >= 0.6 is 0 Å². The molecule has 0 atom stereocenters. The molecular weight excluding hydrogens is 260 g/mol. The van der Waals surface area contributed by atoms with E-state index in [1.807, 2.05) is 0 Å². The molecular formula is C15H16O5. The highest BCUT2D eigenvalue weighted by atomic mass is 16.5. The molecule has 0 fully saturated rings. The first-order valence-corrected chi connectivity index (χ1v) is 6.01. The van der Waals surface area contributed by atoms with Crippen LogP contribution in [0.5, 0.6) is 17.2 Å². The number of furan rings is 1. The van der Waals surface area contributed by atoms with Gasteiger partial charge in [-0.15, -0.1) is 0 Å². The average molecular weight is 276 g/mol. The normalized spacial score (nSPS) is 10.2. The minimum absolute atomic E-state index is 0.122. The molecule has 106 valence electrons. The van der Waals surface area contributed by atoms with Gasteiger partial charge in [-0.05, 0) is 24.3 Å². The van der Waals surface area contributed by atoms with Crippen molar-refractivity contribution in [2.24, 2.45) is 0 Å². The van der Waals surface area contributed by atoms with Crippen LogP contribution in [0.3, 0.4) is 0 Å². The van der Waals surface area contributed by atoms with Gasteiger partial charge in [0.15, 0.2) is 23.0 Å². The summed E-state index contributed by atoms with van der Waals surface area (Å²) < 4.78 is 21.3. The summed E-state index contributed by atoms with van der Waals surface area (Å²) in [5, 5.41) is 0. The lowest BCUT2D eigenvalue weighted by Gasteiger charge is -2.13. The molecule has 5 nitrogen and oxygen atoms in total. The number of hydrogen-bond donors (Lipinski definition) is 0. The van der Waals surface area contributed by atoms with E-state index in [9.17, 15) is 4.79 Å². The Balaban J connectivity index is 2.53. The zero-order chi connectivity index (χ0) is 14.7. The molecule has 1 aromatic carbocycles. The Labute approximate surface area is 117 Å². The summed E-state index contributed by atoms with van der Waals surface area (Å²) in [6.07, 6.45) is 0. The van der Waals surface area contributed by atoms with E-state index in [0.717, 1.165) is 5.56 Å². The quantitative estimate of drug-likeness (QED) is 0.785. The summed E-state index contributed by atoms with van der Waals surface area (Å²) in [6, 6.07) is 6.91. The molecule has 5 heteroatoms. The second kappa shape index (κ2) is 5.69. The van der Waals surface area contributed by atoms with Crippen molar-refractivity contribution in [1.29, 1.82) is 0 Å². The van der Waals surface area contributed by atoms with Crippen LogP contribution in [0.1, 0.15) is 17.5 Å². The fourth-order valence-electron chi connectivity index (χ4n) is 1.91. The molecule has 0 bridgehead atoms. The lowest BCUT2D eigenvalue weighted by Crippen LogP contribution is -1.95. The topological polar surface area (TPSA) is 57.9 Å². The van der Waals surface area contributed by atoms with E-state index in [0.29, 0.717) is 28.8 Å². The van der Waals surface area contributed by atoms with Gasteiger partial charge in [-0.25, -0.2) is 0 Å². The summed E-state index contributed by atoms with van der Waals surface area (Å²) >= 11 is 0. The van der Waals surface area contributed by atoms with Crippen LogP contribution in [-0.2, 0) is 0 Å². The van der Waals surface area contributed by atoms with Gasteiger partial charge in [0.2, 0.25) is 5.75 Å². The van der Waals surface area contributed by atoms with Crippen molar-refractivity contribution in [2.45, 2.75) is 6.92 Å². The lowest BCUT2D eigenvalue weighted by molar-refractivity contribution is 0.0988. The number of carbonyl (C=O) groups is 1. The summed E-state index contributed by atoms with van der Waals surface area (Å²) in [7, 11) is 4.63. The maximum atomic E-state index is 11.3. The molecule has 1 aromatic heterocycles. The SMILES string of the molecule is COc1cc(-c2ccc(C(C)=O)o2)cc(OC)c1OC. The molecule has 0 saturated carbocycles. The highest BCUT2D eigenvalue weighted by molar-refractivity contribution is 5.91. The van der Waals surface area contributed by atoms with E-state index in [-0.39, 0.29) is 5.78 Å². The smallest absolute Gasteiger partial charge is 0.203 e. The summed E-state index contributed by atoms with van der Waals surface area (Å²) in [4.78, 5) is 11.3. The molecule has 0 aliphatic carbocycles. The molecule has 0 amide bonds. The number of benzene rings is 1. The van der Waals surface area contributed by atoms with Crippen molar-refractivity contribution in [3.63, 3.8) is 0 Å².